The van der Waals surface area contributed by atoms with Gasteiger partial charge in [-0.15, -0.1) is 0 Å². The van der Waals surface area contributed by atoms with E-state index in [1.807, 2.05) is 109 Å². The van der Waals surface area contributed by atoms with Crippen molar-refractivity contribution in [1.82, 2.24) is 4.58 Å². The molecular formula is C48H52N2O3. The lowest BCUT2D eigenvalue weighted by molar-refractivity contribution is -0.297. The van der Waals surface area contributed by atoms with Gasteiger partial charge in [0, 0.05) is 77.1 Å². The highest BCUT2D eigenvalue weighted by atomic mass is 16.3. The maximum absolute atomic E-state index is 13.5. The Kier molecular flexibility index (Phi) is 13.3. The molecule has 0 unspecified atom stereocenters. The quantitative estimate of drug-likeness (QED) is 0.0636. The van der Waals surface area contributed by atoms with Gasteiger partial charge >= 0.3 is 0 Å². The minimum atomic E-state index is -0.342. The van der Waals surface area contributed by atoms with E-state index in [0.29, 0.717) is 5.57 Å². The molecule has 0 radical (unpaired) electrons. The number of benzene rings is 4. The largest absolute Gasteiger partial charge is 0.871 e. The van der Waals surface area contributed by atoms with Gasteiger partial charge in [-0.1, -0.05) is 138 Å². The second kappa shape index (κ2) is 18.9. The van der Waals surface area contributed by atoms with Crippen LogP contribution in [0.1, 0.15) is 89.5 Å². The van der Waals surface area contributed by atoms with E-state index in [1.165, 1.54) is 64.2 Å². The average Bonchev–Trinajstić information content (AvgIpc) is 3.19. The van der Waals surface area contributed by atoms with E-state index in [-0.39, 0.29) is 34.0 Å². The fourth-order valence-corrected chi connectivity index (χ4v) is 7.30. The summed E-state index contributed by atoms with van der Waals surface area (Å²) >= 11 is 0. The van der Waals surface area contributed by atoms with Crippen LogP contribution in [0.4, 0.5) is 22.7 Å². The summed E-state index contributed by atoms with van der Waals surface area (Å²) in [6.45, 7) is 3.08. The normalized spacial score (nSPS) is 13.8. The third-order valence-electron chi connectivity index (χ3n) is 10.2. The number of unbranched alkanes of at least 4 members (excludes halogenated alkanes) is 11. The first-order chi connectivity index (χ1) is 26.1. The van der Waals surface area contributed by atoms with E-state index in [9.17, 15) is 15.0 Å². The first-order valence-corrected chi connectivity index (χ1v) is 19.6. The van der Waals surface area contributed by atoms with Crippen molar-refractivity contribution in [3.05, 3.63) is 156 Å². The number of carbonyl (C=O) groups is 1. The van der Waals surface area contributed by atoms with E-state index < -0.39 is 0 Å². The van der Waals surface area contributed by atoms with Crippen LogP contribution in [0.25, 0.3) is 5.57 Å². The Labute approximate surface area is 315 Å². The number of Topliss-reactive ketones (excluding diaryl/α,β-unsaturated/α-hetero) is 1. The van der Waals surface area contributed by atoms with Gasteiger partial charge in [-0.2, -0.15) is 4.58 Å². The summed E-state index contributed by atoms with van der Waals surface area (Å²) in [5.74, 6) is -0.749. The lowest BCUT2D eigenvalue weighted by Crippen LogP contribution is -2.30. The predicted octanol–water partition coefficient (Wildman–Crippen LogP) is 11.3. The van der Waals surface area contributed by atoms with Gasteiger partial charge < -0.3 is 15.1 Å². The molecule has 0 saturated carbocycles. The molecule has 0 spiro atoms. The first kappa shape index (κ1) is 37.3. The lowest BCUT2D eigenvalue weighted by Gasteiger charge is -2.33. The summed E-state index contributed by atoms with van der Waals surface area (Å²) in [6, 6.07) is 35.7. The van der Waals surface area contributed by atoms with Crippen LogP contribution in [0.15, 0.2) is 150 Å². The van der Waals surface area contributed by atoms with Crippen molar-refractivity contribution in [2.45, 2.75) is 84.0 Å². The predicted molar refractivity (Wildman–Crippen MR) is 219 cm³/mol. The number of anilines is 2. The minimum Gasteiger partial charge on any atom is -0.871 e. The second-order valence-corrected chi connectivity index (χ2v) is 14.0. The number of nitrogens with zero attached hydrogens (tertiary/aromatic N) is 2. The smallest absolute Gasteiger partial charge is 0.211 e. The zero-order chi connectivity index (χ0) is 36.8. The molecular weight excluding hydrogens is 653 g/mol. The van der Waals surface area contributed by atoms with E-state index in [4.69, 9.17) is 0 Å². The summed E-state index contributed by atoms with van der Waals surface area (Å²) in [7, 11) is 0. The number of carbonyl (C=O) groups excluding carboxylic acids is 1. The van der Waals surface area contributed by atoms with Gasteiger partial charge in [0.15, 0.2) is 5.78 Å². The number of para-hydroxylation sites is 3. The van der Waals surface area contributed by atoms with Crippen molar-refractivity contribution in [2.75, 3.05) is 11.4 Å². The van der Waals surface area contributed by atoms with Crippen molar-refractivity contribution >= 4 is 39.8 Å². The standard InChI is InChI=1S/C48H52N2O3/c1-2-3-4-5-6-7-8-9-10-11-12-22-35-49(38-23-16-13-17-24-38)42-33-34-43(44(51)36-42)46-47(52)45(48(46)53)37-29-31-41(32-30-37)50(39-25-18-14-19-26-39)40-27-20-15-21-28-40/h13-21,23-34,36H,2-12,22,35H2,1H3,(H,52,53). The van der Waals surface area contributed by atoms with Crippen LogP contribution in [-0.4, -0.2) is 23.1 Å². The zero-order valence-corrected chi connectivity index (χ0v) is 31.1. The molecule has 0 atom stereocenters. The summed E-state index contributed by atoms with van der Waals surface area (Å²) in [4.78, 5) is 15.8. The molecule has 272 valence electrons. The molecule has 1 N–H and O–H groups in total. The minimum absolute atomic E-state index is 0.0375. The Morgan fingerprint density at radius 3 is 1.60 bits per heavy atom. The molecule has 5 nitrogen and oxygen atoms in total. The molecule has 2 aliphatic carbocycles. The Morgan fingerprint density at radius 1 is 0.585 bits per heavy atom. The number of rotatable bonds is 18. The van der Waals surface area contributed by atoms with Crippen LogP contribution in [0.2, 0.25) is 0 Å². The Hall–Kier alpha value is -5.42. The molecule has 0 bridgehead atoms. The van der Waals surface area contributed by atoms with Gasteiger partial charge in [-0.3, -0.25) is 4.79 Å². The number of ketones is 1. The Morgan fingerprint density at radius 2 is 1.09 bits per heavy atom. The molecule has 4 aromatic carbocycles. The highest BCUT2D eigenvalue weighted by Crippen LogP contribution is 2.42. The fourth-order valence-electron chi connectivity index (χ4n) is 7.30. The van der Waals surface area contributed by atoms with Gasteiger partial charge in [0.1, 0.15) is 5.75 Å². The van der Waals surface area contributed by atoms with Crippen LogP contribution >= 0.6 is 0 Å². The van der Waals surface area contributed by atoms with Gasteiger partial charge in [0.25, 0.3) is 0 Å². The van der Waals surface area contributed by atoms with Gasteiger partial charge in [-0.05, 0) is 48.4 Å². The summed E-state index contributed by atoms with van der Waals surface area (Å²) in [5.41, 5.74) is 5.84. The Balaban J connectivity index is 1.13. The monoisotopic (exact) mass is 704 g/mol. The molecule has 4 aromatic rings. The molecule has 6 rings (SSSR count). The SMILES string of the molecule is CCCCCCCCCCCCCCN(c1ccccc1)c1ccc(C2=C([O-])C(=C3C=CC(=[N+](c4ccccc4)c4ccccc4)C=C3)C2=O)c(O)c1. The van der Waals surface area contributed by atoms with E-state index in [2.05, 4.69) is 28.5 Å². The maximum atomic E-state index is 13.5. The molecule has 0 fully saturated rings. The van der Waals surface area contributed by atoms with Crippen LogP contribution in [0, 0.1) is 0 Å². The van der Waals surface area contributed by atoms with E-state index in [0.717, 1.165) is 47.8 Å². The summed E-state index contributed by atoms with van der Waals surface area (Å²) in [6.07, 6.45) is 23.0. The molecule has 0 aromatic heterocycles. The van der Waals surface area contributed by atoms with Crippen molar-refractivity contribution in [2.24, 2.45) is 0 Å². The van der Waals surface area contributed by atoms with Crippen molar-refractivity contribution in [3.8, 4) is 5.75 Å². The molecule has 0 saturated heterocycles. The maximum Gasteiger partial charge on any atom is 0.211 e. The van der Waals surface area contributed by atoms with Crippen LogP contribution in [-0.2, 0) is 4.79 Å². The lowest BCUT2D eigenvalue weighted by atomic mass is 9.79. The van der Waals surface area contributed by atoms with Gasteiger partial charge in [-0.25, -0.2) is 0 Å². The number of hydrogen-bond acceptors (Lipinski definition) is 4. The van der Waals surface area contributed by atoms with Crippen LogP contribution in [0.3, 0.4) is 0 Å². The number of phenolic OH excluding ortho intramolecular Hbond substituents is 1. The number of phenols is 1. The molecule has 0 amide bonds. The molecule has 5 heteroatoms. The molecule has 53 heavy (non-hydrogen) atoms. The highest BCUT2D eigenvalue weighted by molar-refractivity contribution is 6.39. The summed E-state index contributed by atoms with van der Waals surface area (Å²) < 4.78 is 2.13. The van der Waals surface area contributed by atoms with Crippen LogP contribution < -0.4 is 14.6 Å². The Bertz CT molecular complexity index is 1930. The topological polar surface area (TPSA) is 66.6 Å². The number of aromatic hydroxyl groups is 1. The van der Waals surface area contributed by atoms with Crippen molar-refractivity contribution in [1.29, 1.82) is 0 Å². The second-order valence-electron chi connectivity index (χ2n) is 14.0. The average molecular weight is 705 g/mol. The third kappa shape index (κ3) is 9.34. The van der Waals surface area contributed by atoms with E-state index in [1.54, 1.807) is 12.1 Å². The number of hydrogen-bond donors (Lipinski definition) is 1. The number of allylic oxidation sites excluding steroid dienone is 7. The first-order valence-electron chi connectivity index (χ1n) is 19.6. The molecule has 2 aliphatic rings. The van der Waals surface area contributed by atoms with Gasteiger partial charge in [0.2, 0.25) is 17.1 Å². The molecule has 0 heterocycles. The van der Waals surface area contributed by atoms with Crippen LogP contribution in [0.5, 0.6) is 5.75 Å². The van der Waals surface area contributed by atoms with Crippen molar-refractivity contribution in [3.63, 3.8) is 0 Å². The zero-order valence-electron chi connectivity index (χ0n) is 31.1. The summed E-state index contributed by atoms with van der Waals surface area (Å²) in [5, 5.41) is 24.8. The van der Waals surface area contributed by atoms with Gasteiger partial charge in [0.05, 0.1) is 0 Å². The molecule has 0 aliphatic heterocycles. The fraction of sp³-hybridized carbons (Fsp3) is 0.292. The van der Waals surface area contributed by atoms with Crippen molar-refractivity contribution < 1.29 is 15.0 Å². The van der Waals surface area contributed by atoms with E-state index >= 15 is 0 Å². The highest BCUT2D eigenvalue weighted by Gasteiger charge is 2.32. The third-order valence-corrected chi connectivity index (χ3v) is 10.2.